The fourth-order valence-corrected chi connectivity index (χ4v) is 3.20. The van der Waals surface area contributed by atoms with E-state index >= 15 is 0 Å². The number of anilines is 1. The number of aryl methyl sites for hydroxylation is 2. The van der Waals surface area contributed by atoms with Crippen molar-refractivity contribution in [3.8, 4) is 0 Å². The fraction of sp³-hybridized carbons (Fsp3) is 0.278. The molecule has 0 spiro atoms. The van der Waals surface area contributed by atoms with Gasteiger partial charge in [0.25, 0.3) is 5.91 Å². The second-order valence-corrected chi connectivity index (χ2v) is 6.55. The van der Waals surface area contributed by atoms with Gasteiger partial charge in [-0.2, -0.15) is 0 Å². The predicted octanol–water partition coefficient (Wildman–Crippen LogP) is 3.87. The molecule has 23 heavy (non-hydrogen) atoms. The van der Waals surface area contributed by atoms with Gasteiger partial charge in [-0.15, -0.1) is 0 Å². The number of hydrogen-bond acceptors (Lipinski definition) is 1. The largest absolute Gasteiger partial charge is 0.332 e. The van der Waals surface area contributed by atoms with Gasteiger partial charge in [0.15, 0.2) is 6.54 Å². The normalized spacial score (nSPS) is 12.0. The summed E-state index contributed by atoms with van der Waals surface area (Å²) < 4.78 is 0. The van der Waals surface area contributed by atoms with E-state index in [4.69, 9.17) is 23.2 Å². The second-order valence-electron chi connectivity index (χ2n) is 5.74. The van der Waals surface area contributed by atoms with Crippen molar-refractivity contribution in [3.05, 3.63) is 63.1 Å². The lowest BCUT2D eigenvalue weighted by atomic mass is 10.1. The quantitative estimate of drug-likeness (QED) is 0.843. The highest BCUT2D eigenvalue weighted by molar-refractivity contribution is 6.34. The van der Waals surface area contributed by atoms with Crippen molar-refractivity contribution in [1.29, 1.82) is 0 Å². The van der Waals surface area contributed by atoms with E-state index in [1.807, 2.05) is 62.5 Å². The Morgan fingerprint density at radius 3 is 2.52 bits per heavy atom. The zero-order valence-corrected chi connectivity index (χ0v) is 15.0. The van der Waals surface area contributed by atoms with Crippen LogP contribution in [0.15, 0.2) is 36.4 Å². The lowest BCUT2D eigenvalue weighted by Gasteiger charge is -2.14. The Morgan fingerprint density at radius 1 is 1.17 bits per heavy atom. The summed E-state index contributed by atoms with van der Waals surface area (Å²) in [6.45, 7) is 6.24. The number of rotatable bonds is 5. The summed E-state index contributed by atoms with van der Waals surface area (Å²) in [5, 5.41) is 6.13. The van der Waals surface area contributed by atoms with Crippen LogP contribution in [-0.4, -0.2) is 12.5 Å². The van der Waals surface area contributed by atoms with Gasteiger partial charge in [-0.1, -0.05) is 47.5 Å². The molecule has 0 radical (unpaired) electrons. The molecule has 2 rings (SSSR count). The van der Waals surface area contributed by atoms with E-state index in [1.54, 1.807) is 0 Å². The summed E-state index contributed by atoms with van der Waals surface area (Å²) in [6, 6.07) is 11.6. The molecule has 0 heterocycles. The molecule has 0 bridgehead atoms. The van der Waals surface area contributed by atoms with Crippen molar-refractivity contribution in [2.24, 2.45) is 0 Å². The highest BCUT2D eigenvalue weighted by atomic mass is 35.5. The fourth-order valence-electron chi connectivity index (χ4n) is 2.52. The standard InChI is InChI=1S/C18H20Cl2N2O/c1-11-8-12(2)18(16(20)9-11)22-17(23)10-21-13(3)14-6-4-5-7-15(14)19/h4-9,13,21H,10H2,1-3H3,(H,22,23)/p+1/t13-/m1/s1. The minimum Gasteiger partial charge on any atom is -0.332 e. The van der Waals surface area contributed by atoms with Crippen LogP contribution in [-0.2, 0) is 4.79 Å². The molecular weight excluding hydrogens is 331 g/mol. The van der Waals surface area contributed by atoms with Crippen LogP contribution >= 0.6 is 23.2 Å². The Morgan fingerprint density at radius 2 is 1.87 bits per heavy atom. The zero-order valence-electron chi connectivity index (χ0n) is 13.5. The Bertz CT molecular complexity index is 693. The third-order valence-corrected chi connectivity index (χ3v) is 4.39. The first-order chi connectivity index (χ1) is 10.9. The Labute approximate surface area is 147 Å². The van der Waals surface area contributed by atoms with Crippen LogP contribution in [0.2, 0.25) is 10.0 Å². The van der Waals surface area contributed by atoms with Crippen LogP contribution < -0.4 is 10.6 Å². The molecule has 0 unspecified atom stereocenters. The lowest BCUT2D eigenvalue weighted by molar-refractivity contribution is -0.682. The van der Waals surface area contributed by atoms with Crippen molar-refractivity contribution in [2.45, 2.75) is 26.8 Å². The molecule has 0 saturated heterocycles. The van der Waals surface area contributed by atoms with Gasteiger partial charge in [0.1, 0.15) is 6.04 Å². The van der Waals surface area contributed by atoms with Crippen LogP contribution in [0.5, 0.6) is 0 Å². The average Bonchev–Trinajstić information content (AvgIpc) is 2.49. The molecule has 1 atom stereocenters. The lowest BCUT2D eigenvalue weighted by Crippen LogP contribution is -2.86. The maximum absolute atomic E-state index is 12.2. The van der Waals surface area contributed by atoms with Crippen molar-refractivity contribution < 1.29 is 10.1 Å². The highest BCUT2D eigenvalue weighted by Crippen LogP contribution is 2.27. The minimum absolute atomic E-state index is 0.0854. The van der Waals surface area contributed by atoms with E-state index in [1.165, 1.54) is 0 Å². The first-order valence-electron chi connectivity index (χ1n) is 7.53. The van der Waals surface area contributed by atoms with Gasteiger partial charge in [-0.05, 0) is 44.0 Å². The molecule has 1 amide bonds. The molecule has 0 aliphatic heterocycles. The summed E-state index contributed by atoms with van der Waals surface area (Å²) in [4.78, 5) is 12.2. The number of carbonyl (C=O) groups excluding carboxylic acids is 1. The number of amides is 1. The molecule has 5 heteroatoms. The summed E-state index contributed by atoms with van der Waals surface area (Å²) in [6.07, 6.45) is 0. The first kappa shape index (κ1) is 17.8. The third kappa shape index (κ3) is 4.71. The van der Waals surface area contributed by atoms with Crippen LogP contribution in [0.1, 0.15) is 29.7 Å². The summed E-state index contributed by atoms with van der Waals surface area (Å²) in [7, 11) is 0. The smallest absolute Gasteiger partial charge is 0.279 e. The monoisotopic (exact) mass is 351 g/mol. The topological polar surface area (TPSA) is 45.7 Å². The van der Waals surface area contributed by atoms with Crippen LogP contribution in [0.3, 0.4) is 0 Å². The number of carbonyl (C=O) groups is 1. The highest BCUT2D eigenvalue weighted by Gasteiger charge is 2.15. The molecule has 0 fully saturated rings. The Balaban J connectivity index is 1.97. The number of nitrogens with two attached hydrogens (primary N) is 1. The first-order valence-corrected chi connectivity index (χ1v) is 8.28. The van der Waals surface area contributed by atoms with Crippen molar-refractivity contribution in [1.82, 2.24) is 0 Å². The van der Waals surface area contributed by atoms with Crippen molar-refractivity contribution in [3.63, 3.8) is 0 Å². The number of halogens is 2. The van der Waals surface area contributed by atoms with Gasteiger partial charge >= 0.3 is 0 Å². The Kier molecular flexibility index (Phi) is 6.05. The van der Waals surface area contributed by atoms with Crippen LogP contribution in [0.4, 0.5) is 5.69 Å². The second kappa shape index (κ2) is 7.82. The molecule has 0 aromatic heterocycles. The molecular formula is C18H21Cl2N2O+. The van der Waals surface area contributed by atoms with Crippen molar-refractivity contribution >= 4 is 34.8 Å². The predicted molar refractivity (Wildman–Crippen MR) is 96.2 cm³/mol. The summed E-state index contributed by atoms with van der Waals surface area (Å²) in [5.74, 6) is -0.0854. The van der Waals surface area contributed by atoms with Gasteiger partial charge in [0, 0.05) is 10.6 Å². The van der Waals surface area contributed by atoms with Gasteiger partial charge < -0.3 is 10.6 Å². The number of nitrogens with one attached hydrogen (secondary N) is 1. The zero-order chi connectivity index (χ0) is 17.0. The van der Waals surface area contributed by atoms with Gasteiger partial charge in [0.2, 0.25) is 0 Å². The van der Waals surface area contributed by atoms with E-state index in [-0.39, 0.29) is 11.9 Å². The molecule has 3 N–H and O–H groups in total. The molecule has 0 aliphatic carbocycles. The van der Waals surface area contributed by atoms with E-state index < -0.39 is 0 Å². The van der Waals surface area contributed by atoms with Gasteiger partial charge in [-0.3, -0.25) is 4.79 Å². The van der Waals surface area contributed by atoms with Crippen molar-refractivity contribution in [2.75, 3.05) is 11.9 Å². The van der Waals surface area contributed by atoms with E-state index in [0.717, 1.165) is 16.7 Å². The van der Waals surface area contributed by atoms with Gasteiger partial charge in [0.05, 0.1) is 10.7 Å². The molecule has 0 aliphatic rings. The summed E-state index contributed by atoms with van der Waals surface area (Å²) >= 11 is 12.4. The minimum atomic E-state index is -0.0854. The van der Waals surface area contributed by atoms with E-state index in [2.05, 4.69) is 5.32 Å². The third-order valence-electron chi connectivity index (χ3n) is 3.75. The number of hydrogen-bond donors (Lipinski definition) is 2. The van der Waals surface area contributed by atoms with Crippen LogP contribution in [0.25, 0.3) is 0 Å². The molecule has 0 saturated carbocycles. The maximum atomic E-state index is 12.2. The van der Waals surface area contributed by atoms with E-state index in [0.29, 0.717) is 22.3 Å². The van der Waals surface area contributed by atoms with Crippen LogP contribution in [0, 0.1) is 13.8 Å². The average molecular weight is 352 g/mol. The molecule has 2 aromatic carbocycles. The van der Waals surface area contributed by atoms with E-state index in [9.17, 15) is 4.79 Å². The Hall–Kier alpha value is -1.55. The number of benzene rings is 2. The maximum Gasteiger partial charge on any atom is 0.279 e. The SMILES string of the molecule is Cc1cc(C)c(NC(=O)C[NH2+][C@H](C)c2ccccc2Cl)c(Cl)c1. The number of quaternary nitrogens is 1. The van der Waals surface area contributed by atoms with Gasteiger partial charge in [-0.25, -0.2) is 0 Å². The molecule has 3 nitrogen and oxygen atoms in total. The summed E-state index contributed by atoms with van der Waals surface area (Å²) in [5.41, 5.74) is 3.74. The molecule has 122 valence electrons. The molecule has 2 aromatic rings.